The molecule has 3 fully saturated rings. The summed E-state index contributed by atoms with van der Waals surface area (Å²) in [5, 5.41) is 3.25. The molecule has 3 heterocycles. The van der Waals surface area contributed by atoms with Crippen LogP contribution in [0.3, 0.4) is 0 Å². The first-order valence-electron chi connectivity index (χ1n) is 12.4. The third-order valence-electron chi connectivity index (χ3n) is 7.85. The van der Waals surface area contributed by atoms with Crippen LogP contribution in [0.25, 0.3) is 0 Å². The minimum absolute atomic E-state index is 0.00871. The average Bonchev–Trinajstić information content (AvgIpc) is 3.47. The van der Waals surface area contributed by atoms with Crippen molar-refractivity contribution in [2.45, 2.75) is 38.1 Å². The first kappa shape index (κ1) is 24.7. The van der Waals surface area contributed by atoms with E-state index in [4.69, 9.17) is 11.6 Å². The summed E-state index contributed by atoms with van der Waals surface area (Å²) in [6, 6.07) is 3.98. The molecular weight excluding hydrogens is 487 g/mol. The van der Waals surface area contributed by atoms with Gasteiger partial charge in [0.05, 0.1) is 22.5 Å². The summed E-state index contributed by atoms with van der Waals surface area (Å²) in [7, 11) is 2.01. The van der Waals surface area contributed by atoms with Gasteiger partial charge in [-0.1, -0.05) is 11.6 Å². The summed E-state index contributed by atoms with van der Waals surface area (Å²) in [5.41, 5.74) is 0.359. The number of hydrogen-bond donors (Lipinski definition) is 2. The number of nitrogens with one attached hydrogen (secondary N) is 2. The summed E-state index contributed by atoms with van der Waals surface area (Å²) in [5.74, 6) is -1.03. The number of benzene rings is 1. The van der Waals surface area contributed by atoms with Crippen LogP contribution >= 0.6 is 11.6 Å². The van der Waals surface area contributed by atoms with Crippen LogP contribution in [-0.4, -0.2) is 83.3 Å². The van der Waals surface area contributed by atoms with Crippen molar-refractivity contribution in [1.29, 1.82) is 0 Å². The summed E-state index contributed by atoms with van der Waals surface area (Å²) in [6.07, 6.45) is 4.66. The van der Waals surface area contributed by atoms with E-state index < -0.39 is 11.2 Å². The lowest BCUT2D eigenvalue weighted by atomic mass is 9.71. The van der Waals surface area contributed by atoms with Gasteiger partial charge in [0.2, 0.25) is 5.91 Å². The van der Waals surface area contributed by atoms with Crippen molar-refractivity contribution in [2.75, 3.05) is 44.7 Å². The second kappa shape index (κ2) is 9.82. The molecule has 1 saturated carbocycles. The molecule has 9 nitrogen and oxygen atoms in total. The van der Waals surface area contributed by atoms with Crippen LogP contribution < -0.4 is 10.2 Å². The van der Waals surface area contributed by atoms with E-state index in [-0.39, 0.29) is 40.2 Å². The molecule has 36 heavy (non-hydrogen) atoms. The Labute approximate surface area is 214 Å². The van der Waals surface area contributed by atoms with Gasteiger partial charge in [-0.05, 0) is 57.4 Å². The topological polar surface area (TPSA) is 102 Å². The molecular formula is C25H30ClFN6O3. The third-order valence-corrected chi connectivity index (χ3v) is 8.15. The van der Waals surface area contributed by atoms with E-state index in [1.165, 1.54) is 18.5 Å². The molecule has 3 amide bonds. The van der Waals surface area contributed by atoms with E-state index in [0.29, 0.717) is 57.4 Å². The standard InChI is InChI=1S/C25H30ClFN6O3/c1-31-10-12-32(13-11-31)23(35)21-20(28-15-29-21)22(34)30-17-4-6-25(7-5-17)8-9-33(24(25)36)19-3-2-16(27)14-18(19)26/h2-3,14-15,17H,4-13H2,1H3,(H,28,29)(H,30,34)/t17-,25-. The second-order valence-electron chi connectivity index (χ2n) is 10.1. The van der Waals surface area contributed by atoms with E-state index in [1.807, 2.05) is 7.05 Å². The number of hydrogen-bond acceptors (Lipinski definition) is 5. The van der Waals surface area contributed by atoms with Gasteiger partial charge in [-0.3, -0.25) is 14.4 Å². The average molecular weight is 517 g/mol. The molecule has 2 aliphatic heterocycles. The molecule has 11 heteroatoms. The maximum absolute atomic E-state index is 13.5. The lowest BCUT2D eigenvalue weighted by molar-refractivity contribution is -0.127. The van der Waals surface area contributed by atoms with E-state index in [1.54, 1.807) is 15.9 Å². The zero-order valence-electron chi connectivity index (χ0n) is 20.2. The summed E-state index contributed by atoms with van der Waals surface area (Å²) < 4.78 is 13.5. The maximum atomic E-state index is 13.5. The van der Waals surface area contributed by atoms with E-state index in [9.17, 15) is 18.8 Å². The molecule has 3 aliphatic rings. The van der Waals surface area contributed by atoms with Gasteiger partial charge in [-0.15, -0.1) is 0 Å². The van der Waals surface area contributed by atoms with Crippen molar-refractivity contribution < 1.29 is 18.8 Å². The summed E-state index contributed by atoms with van der Waals surface area (Å²) >= 11 is 6.20. The Bertz CT molecular complexity index is 1170. The molecule has 1 aromatic carbocycles. The van der Waals surface area contributed by atoms with Crippen molar-refractivity contribution in [3.05, 3.63) is 46.8 Å². The van der Waals surface area contributed by atoms with Gasteiger partial charge < -0.3 is 25.0 Å². The highest BCUT2D eigenvalue weighted by molar-refractivity contribution is 6.34. The number of carbonyl (C=O) groups is 3. The van der Waals surface area contributed by atoms with Crippen LogP contribution in [0.2, 0.25) is 5.02 Å². The molecule has 192 valence electrons. The minimum atomic E-state index is -0.491. The minimum Gasteiger partial charge on any atom is -0.348 e. The Kier molecular flexibility index (Phi) is 6.74. The van der Waals surface area contributed by atoms with Crippen molar-refractivity contribution in [3.63, 3.8) is 0 Å². The summed E-state index contributed by atoms with van der Waals surface area (Å²) in [6.45, 7) is 3.30. The molecule has 2 N–H and O–H groups in total. The number of anilines is 1. The number of halogens is 2. The molecule has 1 spiro atoms. The number of nitrogens with zero attached hydrogens (tertiary/aromatic N) is 4. The number of piperazine rings is 1. The Balaban J connectivity index is 1.19. The number of aromatic nitrogens is 2. The maximum Gasteiger partial charge on any atom is 0.274 e. The van der Waals surface area contributed by atoms with Gasteiger partial charge in [-0.25, -0.2) is 9.37 Å². The zero-order valence-corrected chi connectivity index (χ0v) is 21.0. The predicted octanol–water partition coefficient (Wildman–Crippen LogP) is 2.69. The van der Waals surface area contributed by atoms with Crippen molar-refractivity contribution in [2.24, 2.45) is 5.41 Å². The van der Waals surface area contributed by atoms with Crippen LogP contribution in [-0.2, 0) is 4.79 Å². The molecule has 5 rings (SSSR count). The lowest BCUT2D eigenvalue weighted by Gasteiger charge is -2.36. The zero-order chi connectivity index (χ0) is 25.4. The molecule has 1 aliphatic carbocycles. The molecule has 0 bridgehead atoms. The first-order valence-corrected chi connectivity index (χ1v) is 12.7. The normalized spacial score (nSPS) is 25.0. The van der Waals surface area contributed by atoms with E-state index in [0.717, 1.165) is 13.1 Å². The van der Waals surface area contributed by atoms with Crippen LogP contribution in [0.4, 0.5) is 10.1 Å². The number of rotatable bonds is 4. The quantitative estimate of drug-likeness (QED) is 0.650. The molecule has 0 unspecified atom stereocenters. The largest absolute Gasteiger partial charge is 0.348 e. The van der Waals surface area contributed by atoms with Gasteiger partial charge in [0.15, 0.2) is 5.69 Å². The van der Waals surface area contributed by atoms with Gasteiger partial charge in [0.25, 0.3) is 11.8 Å². The highest BCUT2D eigenvalue weighted by Gasteiger charge is 2.49. The molecule has 2 saturated heterocycles. The molecule has 0 radical (unpaired) electrons. The van der Waals surface area contributed by atoms with Gasteiger partial charge in [0, 0.05) is 38.8 Å². The molecule has 0 atom stereocenters. The van der Waals surface area contributed by atoms with Crippen molar-refractivity contribution >= 4 is 35.0 Å². The SMILES string of the molecule is CN1CCN(C(=O)c2nc[nH]c2C(=O)N[C@H]2CC[C@@]3(CCN(c4ccc(F)cc4Cl)C3=O)CC2)CC1. The van der Waals surface area contributed by atoms with Gasteiger partial charge in [0.1, 0.15) is 11.5 Å². The Morgan fingerprint density at radius 3 is 2.56 bits per heavy atom. The fourth-order valence-electron chi connectivity index (χ4n) is 5.58. The highest BCUT2D eigenvalue weighted by atomic mass is 35.5. The van der Waals surface area contributed by atoms with Crippen LogP contribution in [0.5, 0.6) is 0 Å². The number of aromatic amines is 1. The summed E-state index contributed by atoms with van der Waals surface area (Å²) in [4.78, 5) is 51.8. The smallest absolute Gasteiger partial charge is 0.274 e. The molecule has 1 aromatic heterocycles. The second-order valence-corrected chi connectivity index (χ2v) is 10.5. The number of likely N-dealkylation sites (N-methyl/N-ethyl adjacent to an activating group) is 1. The van der Waals surface area contributed by atoms with E-state index in [2.05, 4.69) is 20.2 Å². The highest BCUT2D eigenvalue weighted by Crippen LogP contribution is 2.47. The number of imidazole rings is 1. The van der Waals surface area contributed by atoms with Crippen LogP contribution in [0.15, 0.2) is 24.5 Å². The Morgan fingerprint density at radius 1 is 1.14 bits per heavy atom. The van der Waals surface area contributed by atoms with Crippen LogP contribution in [0.1, 0.15) is 53.1 Å². The number of carbonyl (C=O) groups excluding carboxylic acids is 3. The van der Waals surface area contributed by atoms with Gasteiger partial charge >= 0.3 is 0 Å². The van der Waals surface area contributed by atoms with Crippen molar-refractivity contribution in [3.8, 4) is 0 Å². The van der Waals surface area contributed by atoms with E-state index >= 15 is 0 Å². The van der Waals surface area contributed by atoms with Gasteiger partial charge in [-0.2, -0.15) is 0 Å². The first-order chi connectivity index (χ1) is 17.3. The predicted molar refractivity (Wildman–Crippen MR) is 133 cm³/mol. The lowest BCUT2D eigenvalue weighted by Crippen LogP contribution is -2.48. The molecule has 2 aromatic rings. The fraction of sp³-hybridized carbons (Fsp3) is 0.520. The Morgan fingerprint density at radius 2 is 1.86 bits per heavy atom. The monoisotopic (exact) mass is 516 g/mol. The van der Waals surface area contributed by atoms with Crippen LogP contribution in [0, 0.1) is 11.2 Å². The number of amides is 3. The number of H-pyrrole nitrogens is 1. The Hall–Kier alpha value is -2.98. The van der Waals surface area contributed by atoms with Crippen molar-refractivity contribution in [1.82, 2.24) is 25.1 Å². The third kappa shape index (κ3) is 4.59. The fourth-order valence-corrected chi connectivity index (χ4v) is 5.84.